The number of benzene rings is 2. The molecule has 0 amide bonds. The standard InChI is InChI=1S/C25H30N4O/c1-2-22(20-9-4-3-5-10-20)28-21-12-13-23-24(19-21)30-18-17-29(23)16-8-15-27-25-11-6-7-14-26-25/h3-7,9-14,19,22,28H,2,8,15-18H2,1H3,(H,26,27). The van der Waals surface area contributed by atoms with Crippen LogP contribution in [0.5, 0.6) is 5.75 Å². The van der Waals surface area contributed by atoms with Crippen LogP contribution in [-0.2, 0) is 0 Å². The molecule has 0 saturated heterocycles. The molecular weight excluding hydrogens is 372 g/mol. The molecule has 0 radical (unpaired) electrons. The summed E-state index contributed by atoms with van der Waals surface area (Å²) >= 11 is 0. The Kier molecular flexibility index (Phi) is 6.70. The van der Waals surface area contributed by atoms with Crippen LogP contribution in [0.2, 0.25) is 0 Å². The molecule has 0 spiro atoms. The third-order valence-electron chi connectivity index (χ3n) is 5.45. The van der Waals surface area contributed by atoms with Crippen LogP contribution in [0.1, 0.15) is 31.4 Å². The van der Waals surface area contributed by atoms with E-state index in [1.54, 1.807) is 0 Å². The predicted molar refractivity (Wildman–Crippen MR) is 125 cm³/mol. The van der Waals surface area contributed by atoms with Gasteiger partial charge in [0.2, 0.25) is 0 Å². The second-order valence-corrected chi connectivity index (χ2v) is 7.53. The number of rotatable bonds is 9. The van der Waals surface area contributed by atoms with Gasteiger partial charge in [-0.1, -0.05) is 43.3 Å². The average Bonchev–Trinajstić information content (AvgIpc) is 2.81. The molecule has 30 heavy (non-hydrogen) atoms. The summed E-state index contributed by atoms with van der Waals surface area (Å²) < 4.78 is 5.98. The molecule has 0 saturated carbocycles. The fourth-order valence-electron chi connectivity index (χ4n) is 3.86. The summed E-state index contributed by atoms with van der Waals surface area (Å²) in [6.07, 6.45) is 3.88. The molecule has 0 aliphatic carbocycles. The van der Waals surface area contributed by atoms with Crippen molar-refractivity contribution in [3.8, 4) is 5.75 Å². The van der Waals surface area contributed by atoms with Gasteiger partial charge in [-0.2, -0.15) is 0 Å². The van der Waals surface area contributed by atoms with E-state index in [2.05, 4.69) is 76.0 Å². The van der Waals surface area contributed by atoms with Crippen molar-refractivity contribution < 1.29 is 4.74 Å². The molecule has 3 aromatic rings. The predicted octanol–water partition coefficient (Wildman–Crippen LogP) is 5.35. The van der Waals surface area contributed by atoms with E-state index in [1.165, 1.54) is 11.3 Å². The second kappa shape index (κ2) is 10.0. The molecule has 2 heterocycles. The van der Waals surface area contributed by atoms with Crippen LogP contribution in [0.25, 0.3) is 0 Å². The van der Waals surface area contributed by atoms with Gasteiger partial charge in [-0.15, -0.1) is 0 Å². The summed E-state index contributed by atoms with van der Waals surface area (Å²) in [7, 11) is 0. The molecule has 5 heteroatoms. The number of nitrogens with zero attached hydrogens (tertiary/aromatic N) is 2. The highest BCUT2D eigenvalue weighted by atomic mass is 16.5. The van der Waals surface area contributed by atoms with Gasteiger partial charge < -0.3 is 20.3 Å². The molecule has 0 fully saturated rings. The number of pyridine rings is 1. The van der Waals surface area contributed by atoms with E-state index < -0.39 is 0 Å². The van der Waals surface area contributed by atoms with Crippen molar-refractivity contribution in [2.45, 2.75) is 25.8 Å². The van der Waals surface area contributed by atoms with Gasteiger partial charge >= 0.3 is 0 Å². The summed E-state index contributed by atoms with van der Waals surface area (Å²) in [5.41, 5.74) is 3.58. The maximum Gasteiger partial charge on any atom is 0.144 e. The van der Waals surface area contributed by atoms with E-state index in [-0.39, 0.29) is 0 Å². The summed E-state index contributed by atoms with van der Waals surface area (Å²) in [6, 6.07) is 23.3. The van der Waals surface area contributed by atoms with Crippen molar-refractivity contribution in [1.29, 1.82) is 0 Å². The molecule has 1 unspecified atom stereocenters. The molecule has 0 bridgehead atoms. The Labute approximate surface area is 179 Å². The normalized spacial score (nSPS) is 13.8. The SMILES string of the molecule is CCC(Nc1ccc2c(c1)OCCN2CCCNc1ccccn1)c1ccccc1. The summed E-state index contributed by atoms with van der Waals surface area (Å²) in [4.78, 5) is 6.72. The van der Waals surface area contributed by atoms with E-state index in [1.807, 2.05) is 24.4 Å². The Morgan fingerprint density at radius 3 is 2.73 bits per heavy atom. The Bertz CT molecular complexity index is 917. The quantitative estimate of drug-likeness (QED) is 0.473. The highest BCUT2D eigenvalue weighted by Crippen LogP contribution is 2.35. The number of fused-ring (bicyclic) bond motifs is 1. The summed E-state index contributed by atoms with van der Waals surface area (Å²) in [6.45, 7) is 5.74. The Hall–Kier alpha value is -3.21. The Morgan fingerprint density at radius 2 is 1.93 bits per heavy atom. The lowest BCUT2D eigenvalue weighted by Crippen LogP contribution is -2.34. The highest BCUT2D eigenvalue weighted by molar-refractivity contribution is 5.66. The Balaban J connectivity index is 1.36. The Morgan fingerprint density at radius 1 is 1.07 bits per heavy atom. The molecule has 1 atom stereocenters. The molecule has 4 rings (SSSR count). The molecule has 2 N–H and O–H groups in total. The van der Waals surface area contributed by atoms with Crippen LogP contribution >= 0.6 is 0 Å². The summed E-state index contributed by atoms with van der Waals surface area (Å²) in [5, 5.41) is 7.05. The van der Waals surface area contributed by atoms with Crippen molar-refractivity contribution in [2.24, 2.45) is 0 Å². The van der Waals surface area contributed by atoms with Gasteiger partial charge in [0.15, 0.2) is 0 Å². The second-order valence-electron chi connectivity index (χ2n) is 7.53. The molecule has 1 aliphatic rings. The third-order valence-corrected chi connectivity index (χ3v) is 5.45. The van der Waals surface area contributed by atoms with Crippen molar-refractivity contribution >= 4 is 17.2 Å². The minimum atomic E-state index is 0.293. The molecule has 5 nitrogen and oxygen atoms in total. The smallest absolute Gasteiger partial charge is 0.144 e. The van der Waals surface area contributed by atoms with Gasteiger partial charge in [-0.3, -0.25) is 0 Å². The zero-order valence-electron chi connectivity index (χ0n) is 17.6. The minimum absolute atomic E-state index is 0.293. The first-order valence-electron chi connectivity index (χ1n) is 10.8. The number of nitrogens with one attached hydrogen (secondary N) is 2. The van der Waals surface area contributed by atoms with Crippen LogP contribution in [0.15, 0.2) is 72.9 Å². The van der Waals surface area contributed by atoms with Crippen LogP contribution < -0.4 is 20.3 Å². The van der Waals surface area contributed by atoms with Crippen LogP contribution in [0.3, 0.4) is 0 Å². The van der Waals surface area contributed by atoms with Gasteiger partial charge in [-0.25, -0.2) is 4.98 Å². The average molecular weight is 403 g/mol. The highest BCUT2D eigenvalue weighted by Gasteiger charge is 2.19. The number of ether oxygens (including phenoxy) is 1. The monoisotopic (exact) mass is 402 g/mol. The molecule has 2 aromatic carbocycles. The lowest BCUT2D eigenvalue weighted by Gasteiger charge is -2.32. The van der Waals surface area contributed by atoms with E-state index in [0.29, 0.717) is 6.04 Å². The first-order chi connectivity index (χ1) is 14.8. The fourth-order valence-corrected chi connectivity index (χ4v) is 3.86. The van der Waals surface area contributed by atoms with Crippen molar-refractivity contribution in [1.82, 2.24) is 4.98 Å². The van der Waals surface area contributed by atoms with Gasteiger partial charge in [-0.05, 0) is 42.7 Å². The molecule has 1 aliphatic heterocycles. The molecule has 156 valence electrons. The van der Waals surface area contributed by atoms with Crippen molar-refractivity contribution in [2.75, 3.05) is 41.8 Å². The zero-order valence-corrected chi connectivity index (χ0v) is 17.6. The van der Waals surface area contributed by atoms with E-state index in [0.717, 1.165) is 56.3 Å². The minimum Gasteiger partial charge on any atom is -0.489 e. The van der Waals surface area contributed by atoms with E-state index in [4.69, 9.17) is 4.74 Å². The maximum atomic E-state index is 5.98. The topological polar surface area (TPSA) is 49.4 Å². The van der Waals surface area contributed by atoms with Crippen LogP contribution in [-0.4, -0.2) is 31.2 Å². The van der Waals surface area contributed by atoms with Gasteiger partial charge in [0.25, 0.3) is 0 Å². The van der Waals surface area contributed by atoms with E-state index in [9.17, 15) is 0 Å². The summed E-state index contributed by atoms with van der Waals surface area (Å²) in [5.74, 6) is 1.89. The van der Waals surface area contributed by atoms with Crippen LogP contribution in [0.4, 0.5) is 17.2 Å². The van der Waals surface area contributed by atoms with Crippen LogP contribution in [0, 0.1) is 0 Å². The first kappa shape index (κ1) is 20.1. The largest absolute Gasteiger partial charge is 0.489 e. The fraction of sp³-hybridized carbons (Fsp3) is 0.320. The zero-order chi connectivity index (χ0) is 20.6. The molecule has 1 aromatic heterocycles. The van der Waals surface area contributed by atoms with Gasteiger partial charge in [0.1, 0.15) is 18.2 Å². The number of hydrogen-bond acceptors (Lipinski definition) is 5. The lowest BCUT2D eigenvalue weighted by molar-refractivity contribution is 0.307. The maximum absolute atomic E-state index is 5.98. The lowest BCUT2D eigenvalue weighted by atomic mass is 10.0. The number of anilines is 3. The third kappa shape index (κ3) is 5.03. The number of hydrogen-bond donors (Lipinski definition) is 2. The van der Waals surface area contributed by atoms with E-state index >= 15 is 0 Å². The first-order valence-corrected chi connectivity index (χ1v) is 10.8. The van der Waals surface area contributed by atoms with Crippen molar-refractivity contribution in [3.63, 3.8) is 0 Å². The molecular formula is C25H30N4O. The number of aromatic nitrogens is 1. The van der Waals surface area contributed by atoms with Gasteiger partial charge in [0.05, 0.1) is 18.3 Å². The van der Waals surface area contributed by atoms with Crippen molar-refractivity contribution in [3.05, 3.63) is 78.5 Å². The van der Waals surface area contributed by atoms with Gasteiger partial charge in [0, 0.05) is 31.0 Å².